The first-order valence-electron chi connectivity index (χ1n) is 9.81. The van der Waals surface area contributed by atoms with Crippen LogP contribution in [0.5, 0.6) is 0 Å². The molecule has 4 rings (SSSR count). The fraction of sp³-hybridized carbons (Fsp3) is 0.120. The van der Waals surface area contributed by atoms with Crippen molar-refractivity contribution in [3.05, 3.63) is 89.5 Å². The first-order chi connectivity index (χ1) is 14.7. The number of carbonyl (C=O) groups is 1. The molecule has 4 aromatic rings. The summed E-state index contributed by atoms with van der Waals surface area (Å²) in [5, 5.41) is 3.62. The molecule has 1 heterocycles. The molecule has 0 unspecified atom stereocenters. The number of nitrogens with one attached hydrogen (secondary N) is 1. The lowest BCUT2D eigenvalue weighted by atomic mass is 9.99. The van der Waals surface area contributed by atoms with Gasteiger partial charge in [0.25, 0.3) is 5.91 Å². The van der Waals surface area contributed by atoms with Crippen LogP contribution in [-0.2, 0) is 9.84 Å². The standard InChI is InChI=1S/C25H22N2O3S/c1-16-8-13-20(17(2)14-16)24-15-22(21-6-4-5-7-23(21)27-24)25(28)26-18-9-11-19(12-10-18)31(3,29)30/h4-15H,1-3H3,(H,26,28). The summed E-state index contributed by atoms with van der Waals surface area (Å²) < 4.78 is 23.3. The third-order valence-corrected chi connectivity index (χ3v) is 6.29. The van der Waals surface area contributed by atoms with Crippen molar-refractivity contribution in [3.8, 4) is 11.3 Å². The lowest BCUT2D eigenvalue weighted by Crippen LogP contribution is -2.13. The summed E-state index contributed by atoms with van der Waals surface area (Å²) in [5.41, 5.74) is 5.72. The molecule has 5 nitrogen and oxygen atoms in total. The zero-order valence-corrected chi connectivity index (χ0v) is 18.3. The molecule has 0 radical (unpaired) electrons. The number of para-hydroxylation sites is 1. The number of aryl methyl sites for hydroxylation is 2. The van der Waals surface area contributed by atoms with Crippen LogP contribution in [0.2, 0.25) is 0 Å². The van der Waals surface area contributed by atoms with Crippen LogP contribution in [-0.4, -0.2) is 25.6 Å². The molecular weight excluding hydrogens is 408 g/mol. The zero-order valence-electron chi connectivity index (χ0n) is 17.5. The summed E-state index contributed by atoms with van der Waals surface area (Å²) in [5.74, 6) is -0.281. The van der Waals surface area contributed by atoms with Gasteiger partial charge in [-0.05, 0) is 55.8 Å². The Kier molecular flexibility index (Phi) is 5.33. The zero-order chi connectivity index (χ0) is 22.2. The highest BCUT2D eigenvalue weighted by molar-refractivity contribution is 7.90. The topological polar surface area (TPSA) is 76.1 Å². The van der Waals surface area contributed by atoms with Crippen molar-refractivity contribution in [1.29, 1.82) is 0 Å². The number of amides is 1. The Morgan fingerprint density at radius 3 is 2.29 bits per heavy atom. The number of hydrogen-bond donors (Lipinski definition) is 1. The van der Waals surface area contributed by atoms with Gasteiger partial charge in [0.15, 0.2) is 9.84 Å². The largest absolute Gasteiger partial charge is 0.322 e. The number of benzene rings is 3. The first-order valence-corrected chi connectivity index (χ1v) is 11.7. The number of fused-ring (bicyclic) bond motifs is 1. The molecule has 31 heavy (non-hydrogen) atoms. The molecule has 0 aliphatic rings. The SMILES string of the molecule is Cc1ccc(-c2cc(C(=O)Nc3ccc(S(C)(=O)=O)cc3)c3ccccc3n2)c(C)c1. The number of rotatable bonds is 4. The Labute approximate surface area is 181 Å². The number of aromatic nitrogens is 1. The molecular formula is C25H22N2O3S. The molecule has 0 spiro atoms. The Morgan fingerprint density at radius 1 is 0.903 bits per heavy atom. The van der Waals surface area contributed by atoms with E-state index < -0.39 is 9.84 Å². The van der Waals surface area contributed by atoms with E-state index in [2.05, 4.69) is 11.4 Å². The molecule has 1 N–H and O–H groups in total. The smallest absolute Gasteiger partial charge is 0.256 e. The molecule has 0 saturated carbocycles. The molecule has 0 aliphatic heterocycles. The van der Waals surface area contributed by atoms with Gasteiger partial charge >= 0.3 is 0 Å². The van der Waals surface area contributed by atoms with E-state index in [1.54, 1.807) is 18.2 Å². The van der Waals surface area contributed by atoms with Crippen molar-refractivity contribution in [2.24, 2.45) is 0 Å². The van der Waals surface area contributed by atoms with Gasteiger partial charge in [0.1, 0.15) is 0 Å². The van der Waals surface area contributed by atoms with Gasteiger partial charge < -0.3 is 5.32 Å². The number of pyridine rings is 1. The van der Waals surface area contributed by atoms with Crippen molar-refractivity contribution >= 4 is 32.3 Å². The van der Waals surface area contributed by atoms with Gasteiger partial charge in [-0.2, -0.15) is 0 Å². The highest BCUT2D eigenvalue weighted by Gasteiger charge is 2.16. The predicted octanol–water partition coefficient (Wildman–Crippen LogP) is 5.17. The normalized spacial score (nSPS) is 11.5. The fourth-order valence-electron chi connectivity index (χ4n) is 3.59. The quantitative estimate of drug-likeness (QED) is 0.484. The van der Waals surface area contributed by atoms with E-state index in [0.29, 0.717) is 11.3 Å². The Hall–Kier alpha value is -3.51. The maximum absolute atomic E-state index is 13.2. The van der Waals surface area contributed by atoms with Crippen LogP contribution in [0, 0.1) is 13.8 Å². The second kappa shape index (κ2) is 7.96. The molecule has 1 amide bonds. The average Bonchev–Trinajstić information content (AvgIpc) is 2.72. The number of anilines is 1. The van der Waals surface area contributed by atoms with Crippen LogP contribution in [0.1, 0.15) is 21.5 Å². The van der Waals surface area contributed by atoms with E-state index >= 15 is 0 Å². The van der Waals surface area contributed by atoms with E-state index in [0.717, 1.165) is 39.5 Å². The number of hydrogen-bond acceptors (Lipinski definition) is 4. The van der Waals surface area contributed by atoms with Gasteiger partial charge in [0.2, 0.25) is 0 Å². The minimum Gasteiger partial charge on any atom is -0.322 e. The van der Waals surface area contributed by atoms with Crippen molar-refractivity contribution in [2.75, 3.05) is 11.6 Å². The summed E-state index contributed by atoms with van der Waals surface area (Å²) in [6, 6.07) is 21.6. The van der Waals surface area contributed by atoms with E-state index in [9.17, 15) is 13.2 Å². The summed E-state index contributed by atoms with van der Waals surface area (Å²) in [6.45, 7) is 4.07. The average molecular weight is 431 g/mol. The number of sulfone groups is 1. The van der Waals surface area contributed by atoms with E-state index in [-0.39, 0.29) is 10.8 Å². The first kappa shape index (κ1) is 20.8. The molecule has 156 valence electrons. The Bertz CT molecular complexity index is 1410. The molecule has 0 atom stereocenters. The highest BCUT2D eigenvalue weighted by Crippen LogP contribution is 2.28. The van der Waals surface area contributed by atoms with E-state index in [1.807, 2.05) is 50.2 Å². The van der Waals surface area contributed by atoms with Crippen LogP contribution in [0.3, 0.4) is 0 Å². The van der Waals surface area contributed by atoms with Gasteiger partial charge in [-0.25, -0.2) is 13.4 Å². The monoisotopic (exact) mass is 430 g/mol. The maximum Gasteiger partial charge on any atom is 0.256 e. The summed E-state index contributed by atoms with van der Waals surface area (Å²) >= 11 is 0. The maximum atomic E-state index is 13.2. The second-order valence-corrected chi connectivity index (χ2v) is 9.66. The van der Waals surface area contributed by atoms with Crippen LogP contribution in [0.4, 0.5) is 5.69 Å². The van der Waals surface area contributed by atoms with Crippen molar-refractivity contribution < 1.29 is 13.2 Å². The predicted molar refractivity (Wildman–Crippen MR) is 124 cm³/mol. The Morgan fingerprint density at radius 2 is 1.61 bits per heavy atom. The van der Waals surface area contributed by atoms with Crippen LogP contribution in [0.15, 0.2) is 77.7 Å². The minimum absolute atomic E-state index is 0.206. The molecule has 3 aromatic carbocycles. The van der Waals surface area contributed by atoms with E-state index in [4.69, 9.17) is 4.98 Å². The van der Waals surface area contributed by atoms with Crippen LogP contribution in [0.25, 0.3) is 22.2 Å². The lowest BCUT2D eigenvalue weighted by molar-refractivity contribution is 0.102. The van der Waals surface area contributed by atoms with Crippen molar-refractivity contribution in [1.82, 2.24) is 4.98 Å². The summed E-state index contributed by atoms with van der Waals surface area (Å²) in [4.78, 5) is 18.2. The summed E-state index contributed by atoms with van der Waals surface area (Å²) in [6.07, 6.45) is 1.15. The van der Waals surface area contributed by atoms with Crippen LogP contribution >= 0.6 is 0 Å². The number of nitrogens with zero attached hydrogens (tertiary/aromatic N) is 1. The summed E-state index contributed by atoms with van der Waals surface area (Å²) in [7, 11) is -3.29. The minimum atomic E-state index is -3.29. The third kappa shape index (κ3) is 4.34. The van der Waals surface area contributed by atoms with E-state index in [1.165, 1.54) is 12.1 Å². The van der Waals surface area contributed by atoms with Gasteiger partial charge in [0.05, 0.1) is 21.7 Å². The molecule has 6 heteroatoms. The Balaban J connectivity index is 1.76. The van der Waals surface area contributed by atoms with Gasteiger partial charge in [-0.15, -0.1) is 0 Å². The van der Waals surface area contributed by atoms with Crippen molar-refractivity contribution in [2.45, 2.75) is 18.7 Å². The van der Waals surface area contributed by atoms with Gasteiger partial charge in [-0.1, -0.05) is 42.0 Å². The van der Waals surface area contributed by atoms with Crippen molar-refractivity contribution in [3.63, 3.8) is 0 Å². The molecule has 0 aliphatic carbocycles. The lowest BCUT2D eigenvalue weighted by Gasteiger charge is -2.12. The molecule has 0 fully saturated rings. The third-order valence-electron chi connectivity index (χ3n) is 5.16. The molecule has 1 aromatic heterocycles. The second-order valence-electron chi connectivity index (χ2n) is 7.64. The fourth-order valence-corrected chi connectivity index (χ4v) is 4.22. The van der Waals surface area contributed by atoms with Gasteiger partial charge in [-0.3, -0.25) is 4.79 Å². The molecule has 0 saturated heterocycles. The highest BCUT2D eigenvalue weighted by atomic mass is 32.2. The number of carbonyl (C=O) groups excluding carboxylic acids is 1. The van der Waals surface area contributed by atoms with Crippen LogP contribution < -0.4 is 5.32 Å². The van der Waals surface area contributed by atoms with Gasteiger partial charge in [0, 0.05) is 22.9 Å². The molecule has 0 bridgehead atoms.